The molecule has 2 atom stereocenters. The van der Waals surface area contributed by atoms with Crippen molar-refractivity contribution in [3.63, 3.8) is 0 Å². The SMILES string of the molecule is CSCCC(NC(C)=O)C(=O)N1CCCC(Cc2nc(-c3ccccc3C)no2)C1. The number of nitrogens with one attached hydrogen (secondary N) is 1. The molecule has 162 valence electrons. The molecule has 1 aromatic heterocycles. The Labute approximate surface area is 182 Å². The lowest BCUT2D eigenvalue weighted by molar-refractivity contribution is -0.137. The largest absolute Gasteiger partial charge is 0.345 e. The highest BCUT2D eigenvalue weighted by molar-refractivity contribution is 7.98. The van der Waals surface area contributed by atoms with E-state index in [4.69, 9.17) is 4.52 Å². The van der Waals surface area contributed by atoms with E-state index in [0.29, 0.717) is 31.1 Å². The van der Waals surface area contributed by atoms with Crippen molar-refractivity contribution < 1.29 is 14.1 Å². The Morgan fingerprint density at radius 2 is 2.17 bits per heavy atom. The van der Waals surface area contributed by atoms with Crippen molar-refractivity contribution in [2.24, 2.45) is 5.92 Å². The van der Waals surface area contributed by atoms with Gasteiger partial charge in [-0.25, -0.2) is 0 Å². The number of carbonyl (C=O) groups is 2. The van der Waals surface area contributed by atoms with Crippen LogP contribution < -0.4 is 5.32 Å². The van der Waals surface area contributed by atoms with Crippen molar-refractivity contribution in [2.45, 2.75) is 45.6 Å². The lowest BCUT2D eigenvalue weighted by atomic mass is 9.94. The summed E-state index contributed by atoms with van der Waals surface area (Å²) in [6.45, 7) is 4.86. The summed E-state index contributed by atoms with van der Waals surface area (Å²) in [6.07, 6.45) is 5.25. The van der Waals surface area contributed by atoms with E-state index in [0.717, 1.165) is 36.3 Å². The number of carbonyl (C=O) groups excluding carboxylic acids is 2. The van der Waals surface area contributed by atoms with Gasteiger partial charge in [-0.3, -0.25) is 9.59 Å². The van der Waals surface area contributed by atoms with Gasteiger partial charge in [-0.15, -0.1) is 0 Å². The summed E-state index contributed by atoms with van der Waals surface area (Å²) in [6, 6.07) is 7.51. The standard InChI is InChI=1S/C22H30N4O3S/c1-15-7-4-5-9-18(15)21-24-20(29-25-21)13-17-8-6-11-26(14-17)22(28)19(10-12-30-3)23-16(2)27/h4-5,7,9,17,19H,6,8,10-14H2,1-3H3,(H,23,27). The highest BCUT2D eigenvalue weighted by atomic mass is 32.2. The van der Waals surface area contributed by atoms with Gasteiger partial charge in [-0.1, -0.05) is 29.4 Å². The van der Waals surface area contributed by atoms with Crippen LogP contribution in [0, 0.1) is 12.8 Å². The van der Waals surface area contributed by atoms with Crippen LogP contribution in [0.4, 0.5) is 0 Å². The van der Waals surface area contributed by atoms with Crippen molar-refractivity contribution in [1.29, 1.82) is 0 Å². The molecule has 1 N–H and O–H groups in total. The molecule has 0 spiro atoms. The first-order valence-corrected chi connectivity index (χ1v) is 11.8. The van der Waals surface area contributed by atoms with Gasteiger partial charge in [-0.2, -0.15) is 16.7 Å². The van der Waals surface area contributed by atoms with Gasteiger partial charge in [0.2, 0.25) is 23.5 Å². The van der Waals surface area contributed by atoms with Gasteiger partial charge in [0, 0.05) is 32.0 Å². The minimum absolute atomic E-state index is 0.00933. The first kappa shape index (κ1) is 22.3. The monoisotopic (exact) mass is 430 g/mol. The second-order valence-corrected chi connectivity index (χ2v) is 8.84. The van der Waals surface area contributed by atoms with Crippen LogP contribution in [0.15, 0.2) is 28.8 Å². The zero-order valence-corrected chi connectivity index (χ0v) is 18.7. The number of amides is 2. The Morgan fingerprint density at radius 1 is 1.37 bits per heavy atom. The number of piperidine rings is 1. The summed E-state index contributed by atoms with van der Waals surface area (Å²) in [5.41, 5.74) is 2.08. The second-order valence-electron chi connectivity index (χ2n) is 7.86. The number of benzene rings is 1. The summed E-state index contributed by atoms with van der Waals surface area (Å²) in [5.74, 6) is 2.15. The molecule has 1 aliphatic rings. The Hall–Kier alpha value is -2.35. The molecule has 8 heteroatoms. The molecule has 3 rings (SSSR count). The lowest BCUT2D eigenvalue weighted by Crippen LogP contribution is -2.51. The highest BCUT2D eigenvalue weighted by Gasteiger charge is 2.30. The van der Waals surface area contributed by atoms with Gasteiger partial charge in [0.1, 0.15) is 6.04 Å². The highest BCUT2D eigenvalue weighted by Crippen LogP contribution is 2.24. The molecule has 30 heavy (non-hydrogen) atoms. The molecule has 1 saturated heterocycles. The van der Waals surface area contributed by atoms with Gasteiger partial charge in [0.25, 0.3) is 0 Å². The fourth-order valence-corrected chi connectivity index (χ4v) is 4.38. The first-order chi connectivity index (χ1) is 14.5. The first-order valence-electron chi connectivity index (χ1n) is 10.4. The number of rotatable bonds is 8. The molecule has 0 radical (unpaired) electrons. The molecular formula is C22H30N4O3S. The summed E-state index contributed by atoms with van der Waals surface area (Å²) in [5, 5.41) is 6.96. The van der Waals surface area contributed by atoms with Gasteiger partial charge < -0.3 is 14.7 Å². The number of hydrogen-bond donors (Lipinski definition) is 1. The fourth-order valence-electron chi connectivity index (χ4n) is 3.91. The average Bonchev–Trinajstić information content (AvgIpc) is 3.19. The number of likely N-dealkylation sites (tertiary alicyclic amines) is 1. The van der Waals surface area contributed by atoms with Crippen LogP contribution >= 0.6 is 11.8 Å². The van der Waals surface area contributed by atoms with E-state index in [1.807, 2.05) is 42.3 Å². The number of hydrogen-bond acceptors (Lipinski definition) is 6. The molecule has 0 bridgehead atoms. The van der Waals surface area contributed by atoms with E-state index < -0.39 is 6.04 Å². The van der Waals surface area contributed by atoms with Crippen molar-refractivity contribution in [3.05, 3.63) is 35.7 Å². The Kier molecular flexibility index (Phi) is 7.90. The van der Waals surface area contributed by atoms with Crippen molar-refractivity contribution in [2.75, 3.05) is 25.1 Å². The van der Waals surface area contributed by atoms with E-state index in [-0.39, 0.29) is 17.7 Å². The summed E-state index contributed by atoms with van der Waals surface area (Å²) >= 11 is 1.68. The molecule has 2 unspecified atom stereocenters. The molecule has 1 fully saturated rings. The minimum Gasteiger partial charge on any atom is -0.345 e. The van der Waals surface area contributed by atoms with Crippen LogP contribution in [0.25, 0.3) is 11.4 Å². The second kappa shape index (κ2) is 10.6. The van der Waals surface area contributed by atoms with Gasteiger partial charge >= 0.3 is 0 Å². The van der Waals surface area contributed by atoms with E-state index in [9.17, 15) is 9.59 Å². The van der Waals surface area contributed by atoms with Gasteiger partial charge in [-0.05, 0) is 49.7 Å². The van der Waals surface area contributed by atoms with Crippen molar-refractivity contribution in [3.8, 4) is 11.4 Å². The van der Waals surface area contributed by atoms with Gasteiger partial charge in [0.15, 0.2) is 0 Å². The number of thioether (sulfide) groups is 1. The van der Waals surface area contributed by atoms with Crippen LogP contribution in [-0.4, -0.2) is 58.0 Å². The lowest BCUT2D eigenvalue weighted by Gasteiger charge is -2.34. The maximum absolute atomic E-state index is 13.0. The zero-order chi connectivity index (χ0) is 21.5. The molecule has 2 heterocycles. The minimum atomic E-state index is -0.454. The van der Waals surface area contributed by atoms with Crippen LogP contribution in [0.1, 0.15) is 37.6 Å². The molecule has 2 aromatic rings. The molecule has 0 aliphatic carbocycles. The number of aromatic nitrogens is 2. The Balaban J connectivity index is 1.62. The van der Waals surface area contributed by atoms with E-state index in [1.54, 1.807) is 11.8 Å². The van der Waals surface area contributed by atoms with Crippen molar-refractivity contribution >= 4 is 23.6 Å². The molecular weight excluding hydrogens is 400 g/mol. The topological polar surface area (TPSA) is 88.3 Å². The molecule has 0 saturated carbocycles. The predicted octanol–water partition coefficient (Wildman–Crippen LogP) is 3.08. The molecule has 1 aromatic carbocycles. The third kappa shape index (κ3) is 5.84. The van der Waals surface area contributed by atoms with Crippen molar-refractivity contribution in [1.82, 2.24) is 20.4 Å². The zero-order valence-electron chi connectivity index (χ0n) is 17.9. The third-order valence-corrected chi connectivity index (χ3v) is 6.08. The van der Waals surface area contributed by atoms with Crippen LogP contribution in [0.2, 0.25) is 0 Å². The van der Waals surface area contributed by atoms with E-state index in [2.05, 4.69) is 15.5 Å². The Morgan fingerprint density at radius 3 is 2.90 bits per heavy atom. The number of aryl methyl sites for hydroxylation is 1. The van der Waals surface area contributed by atoms with E-state index >= 15 is 0 Å². The van der Waals surface area contributed by atoms with Crippen LogP contribution in [0.5, 0.6) is 0 Å². The maximum Gasteiger partial charge on any atom is 0.245 e. The summed E-state index contributed by atoms with van der Waals surface area (Å²) in [7, 11) is 0. The number of nitrogens with zero attached hydrogens (tertiary/aromatic N) is 3. The molecule has 7 nitrogen and oxygen atoms in total. The quantitative estimate of drug-likeness (QED) is 0.692. The Bertz CT molecular complexity index is 870. The average molecular weight is 431 g/mol. The van der Waals surface area contributed by atoms with Gasteiger partial charge in [0.05, 0.1) is 0 Å². The molecule has 2 amide bonds. The van der Waals surface area contributed by atoms with E-state index in [1.165, 1.54) is 6.92 Å². The summed E-state index contributed by atoms with van der Waals surface area (Å²) in [4.78, 5) is 31.0. The smallest absolute Gasteiger partial charge is 0.245 e. The van der Waals surface area contributed by atoms with Crippen LogP contribution in [-0.2, 0) is 16.0 Å². The maximum atomic E-state index is 13.0. The van der Waals surface area contributed by atoms with Crippen LogP contribution in [0.3, 0.4) is 0 Å². The summed E-state index contributed by atoms with van der Waals surface area (Å²) < 4.78 is 5.50. The fraction of sp³-hybridized carbons (Fsp3) is 0.545. The normalized spacial score (nSPS) is 17.6. The third-order valence-electron chi connectivity index (χ3n) is 5.43. The predicted molar refractivity (Wildman–Crippen MR) is 118 cm³/mol. The molecule has 1 aliphatic heterocycles.